The van der Waals surface area contributed by atoms with Crippen molar-refractivity contribution in [3.8, 4) is 16.9 Å². The molecule has 0 saturated carbocycles. The van der Waals surface area contributed by atoms with Crippen LogP contribution < -0.4 is 34.8 Å². The normalized spacial score (nSPS) is 19.1. The van der Waals surface area contributed by atoms with Crippen LogP contribution in [0.1, 0.15) is 65.7 Å². The number of aryl methyl sites for hydroxylation is 1. The molecule has 3 aromatic carbocycles. The van der Waals surface area contributed by atoms with Crippen molar-refractivity contribution in [3.63, 3.8) is 0 Å². The van der Waals surface area contributed by atoms with Crippen LogP contribution in [-0.4, -0.2) is 168 Å². The molecule has 408 valence electrons. The second kappa shape index (κ2) is 21.9. The van der Waals surface area contributed by atoms with Gasteiger partial charge in [0.2, 0.25) is 27.8 Å². The van der Waals surface area contributed by atoms with Crippen LogP contribution in [0.25, 0.3) is 22.2 Å². The average molecular weight is 1150 g/mol. The Morgan fingerprint density at radius 3 is 2.28 bits per heavy atom. The third-order valence-electron chi connectivity index (χ3n) is 16.0. The predicted octanol–water partition coefficient (Wildman–Crippen LogP) is 5.77. The van der Waals surface area contributed by atoms with E-state index in [0.29, 0.717) is 67.2 Å². The van der Waals surface area contributed by atoms with Gasteiger partial charge in [-0.05, 0) is 116 Å². The fourth-order valence-corrected chi connectivity index (χ4v) is 12.4. The van der Waals surface area contributed by atoms with Gasteiger partial charge in [0.25, 0.3) is 11.8 Å². The second-order valence-corrected chi connectivity index (χ2v) is 23.6. The minimum Gasteiger partial charge on any atom is -0.494 e. The lowest BCUT2D eigenvalue weighted by Crippen LogP contribution is -2.54. The number of sulfonamides is 1. The van der Waals surface area contributed by atoms with Gasteiger partial charge in [-0.1, -0.05) is 0 Å². The smallest absolute Gasteiger partial charge is 0.262 e. The third-order valence-corrected chi connectivity index (χ3v) is 17.7. The highest BCUT2D eigenvalue weighted by atomic mass is 79.9. The van der Waals surface area contributed by atoms with Crippen molar-refractivity contribution in [1.82, 2.24) is 49.7 Å². The van der Waals surface area contributed by atoms with Crippen molar-refractivity contribution in [1.29, 1.82) is 0 Å². The topological polar surface area (TPSA) is 237 Å². The van der Waals surface area contributed by atoms with E-state index in [2.05, 4.69) is 83.7 Å². The fraction of sp³-hybridized carbons (Fsp3) is 0.426. The molecule has 5 aliphatic heterocycles. The number of fused-ring (bicyclic) bond motifs is 2. The van der Waals surface area contributed by atoms with E-state index in [9.17, 15) is 27.6 Å². The Morgan fingerprint density at radius 1 is 0.808 bits per heavy atom. The second-order valence-electron chi connectivity index (χ2n) is 20.7. The minimum atomic E-state index is -3.67. The summed E-state index contributed by atoms with van der Waals surface area (Å²) in [4.78, 5) is 80.2. The Hall–Kier alpha value is -7.28. The number of nitrogens with one attached hydrogen (secondary N) is 3. The van der Waals surface area contributed by atoms with Gasteiger partial charge in [0.15, 0.2) is 0 Å². The van der Waals surface area contributed by atoms with Crippen LogP contribution in [-0.2, 0) is 26.7 Å². The molecule has 1 atom stereocenters. The molecule has 11 rings (SSSR count). The number of hydrogen-bond donors (Lipinski definition) is 3. The van der Waals surface area contributed by atoms with E-state index in [1.165, 1.54) is 17.5 Å². The van der Waals surface area contributed by atoms with E-state index in [0.717, 1.165) is 125 Å². The zero-order valence-corrected chi connectivity index (χ0v) is 46.4. The Labute approximate surface area is 460 Å². The highest BCUT2D eigenvalue weighted by Crippen LogP contribution is 2.42. The summed E-state index contributed by atoms with van der Waals surface area (Å²) in [6.07, 6.45) is 15.5. The number of benzene rings is 3. The molecule has 6 aromatic rings. The minimum absolute atomic E-state index is 0.0911. The number of halogens is 1. The van der Waals surface area contributed by atoms with Gasteiger partial charge in [-0.2, -0.15) is 10.1 Å². The summed E-state index contributed by atoms with van der Waals surface area (Å²) in [6, 6.07) is 12.6. The van der Waals surface area contributed by atoms with Crippen LogP contribution in [0.3, 0.4) is 0 Å². The lowest BCUT2D eigenvalue weighted by molar-refractivity contribution is -0.136. The number of hydrogen-bond acceptors (Lipinski definition) is 18. The number of carbonyl (C=O) groups is 4. The monoisotopic (exact) mass is 1140 g/mol. The first-order valence-electron chi connectivity index (χ1n) is 26.4. The van der Waals surface area contributed by atoms with Crippen LogP contribution in [0.5, 0.6) is 5.75 Å². The molecule has 1 unspecified atom stereocenters. The number of nitrogens with zero attached hydrogens (tertiary/aromatic N) is 12. The number of anilines is 7. The zero-order valence-electron chi connectivity index (χ0n) is 44.0. The zero-order chi connectivity index (χ0) is 54.4. The SMILES string of the molecule is COc1cc(N2CCN(C3CCN(CCC4CCN(c5ccc6c(c5)C(=O)N(C5CCC(=O)NC5=O)C6=O)CC4)CC3)CC2)c(-c2cnn(C)c2)cc1Nc1ncc(Br)c(Nc2ccc3nccnc3c2N(C)S(C)(=O)=O)n1. The molecule has 3 aromatic heterocycles. The molecule has 22 nitrogen and oxygen atoms in total. The van der Waals surface area contributed by atoms with Crippen molar-refractivity contribution >= 4 is 101 Å². The molecule has 4 amide bonds. The molecule has 0 spiro atoms. The molecule has 8 heterocycles. The first kappa shape index (κ1) is 52.8. The molecule has 24 heteroatoms. The molecule has 4 saturated heterocycles. The highest BCUT2D eigenvalue weighted by Gasteiger charge is 2.45. The van der Waals surface area contributed by atoms with Crippen molar-refractivity contribution < 1.29 is 32.3 Å². The highest BCUT2D eigenvalue weighted by molar-refractivity contribution is 9.10. The van der Waals surface area contributed by atoms with Gasteiger partial charge < -0.3 is 30.1 Å². The van der Waals surface area contributed by atoms with Gasteiger partial charge in [-0.3, -0.25) is 53.2 Å². The number of ether oxygens (including phenoxy) is 1. The molecule has 78 heavy (non-hydrogen) atoms. The number of aromatic nitrogens is 6. The van der Waals surface area contributed by atoms with Crippen molar-refractivity contribution in [2.24, 2.45) is 13.0 Å². The van der Waals surface area contributed by atoms with Gasteiger partial charge in [-0.15, -0.1) is 0 Å². The van der Waals surface area contributed by atoms with E-state index in [1.54, 1.807) is 48.5 Å². The molecule has 4 fully saturated rings. The lowest BCUT2D eigenvalue weighted by atomic mass is 9.92. The standard InChI is InChI=1S/C54H62BrN15O7S/c1-64-32-34(30-59-64)38-28-43(61-54-58-31-40(55)50(63-54)60-42-8-7-41-48(57-17-16-56-41)49(42)65(2)78(4,75)76)46(77-3)29-45(38)69-25-23-68(24-26-69)35-14-19-66(20-15-35)18-11-33-12-21-67(22-13-33)36-5-6-37-39(27-36)53(74)70(52(37)73)44-9-10-47(71)62-51(44)72/h5-8,16-17,27-33,35,44H,9-15,18-26H2,1-4H3,(H,62,71,72)(H2,58,60,61,63). The summed E-state index contributed by atoms with van der Waals surface area (Å²) in [5.41, 5.74) is 6.90. The number of carbonyl (C=O) groups excluding carboxylic acids is 4. The van der Waals surface area contributed by atoms with Crippen LogP contribution in [0.2, 0.25) is 0 Å². The molecule has 5 aliphatic rings. The summed E-state index contributed by atoms with van der Waals surface area (Å²) in [6.45, 7) is 8.58. The largest absolute Gasteiger partial charge is 0.494 e. The molecule has 3 N–H and O–H groups in total. The first-order valence-corrected chi connectivity index (χ1v) is 29.0. The number of methoxy groups -OCH3 is 1. The van der Waals surface area contributed by atoms with E-state index in [-0.39, 0.29) is 18.8 Å². The Morgan fingerprint density at radius 2 is 1.56 bits per heavy atom. The number of likely N-dealkylation sites (tertiary alicyclic amines) is 1. The molecule has 0 aliphatic carbocycles. The summed E-state index contributed by atoms with van der Waals surface area (Å²) < 4.78 is 35.2. The van der Waals surface area contributed by atoms with Crippen molar-refractivity contribution in [2.75, 3.05) is 104 Å². The number of imide groups is 2. The Balaban J connectivity index is 0.689. The van der Waals surface area contributed by atoms with Crippen molar-refractivity contribution in [2.45, 2.75) is 57.0 Å². The molecular weight excluding hydrogens is 1080 g/mol. The van der Waals surface area contributed by atoms with E-state index < -0.39 is 39.7 Å². The summed E-state index contributed by atoms with van der Waals surface area (Å²) in [5, 5.41) is 13.5. The van der Waals surface area contributed by atoms with E-state index in [1.807, 2.05) is 25.5 Å². The Kier molecular flexibility index (Phi) is 14.8. The van der Waals surface area contributed by atoms with Gasteiger partial charge in [0.1, 0.15) is 28.8 Å². The Bertz CT molecular complexity index is 3430. The van der Waals surface area contributed by atoms with E-state index >= 15 is 0 Å². The lowest BCUT2D eigenvalue weighted by Gasteiger charge is -2.44. The molecular formula is C54H62BrN15O7S. The van der Waals surface area contributed by atoms with E-state index in [4.69, 9.17) is 9.72 Å². The number of amides is 4. The first-order chi connectivity index (χ1) is 37.6. The summed E-state index contributed by atoms with van der Waals surface area (Å²) >= 11 is 3.58. The van der Waals surface area contributed by atoms with Gasteiger partial charge in [0, 0.05) is 119 Å². The third kappa shape index (κ3) is 10.7. The average Bonchev–Trinajstić information content (AvgIpc) is 4.15. The summed E-state index contributed by atoms with van der Waals surface area (Å²) in [5.74, 6) is -0.0604. The van der Waals surface area contributed by atoms with Crippen LogP contribution in [0, 0.1) is 5.92 Å². The predicted molar refractivity (Wildman–Crippen MR) is 300 cm³/mol. The fourth-order valence-electron chi connectivity index (χ4n) is 11.6. The molecule has 0 radical (unpaired) electrons. The summed E-state index contributed by atoms with van der Waals surface area (Å²) in [7, 11) is 1.35. The number of rotatable bonds is 15. The number of piperidine rings is 3. The van der Waals surface area contributed by atoms with Crippen LogP contribution >= 0.6 is 15.9 Å². The maximum Gasteiger partial charge on any atom is 0.262 e. The quantitative estimate of drug-likeness (QED) is 0.104. The maximum absolute atomic E-state index is 13.4. The van der Waals surface area contributed by atoms with Crippen LogP contribution in [0.4, 0.5) is 40.2 Å². The van der Waals surface area contributed by atoms with Crippen LogP contribution in [0.15, 0.2) is 77.9 Å². The number of piperazine rings is 1. The van der Waals surface area contributed by atoms with Gasteiger partial charge >= 0.3 is 0 Å². The molecule has 0 bridgehead atoms. The van der Waals surface area contributed by atoms with Crippen molar-refractivity contribution in [3.05, 3.63) is 89.0 Å². The maximum atomic E-state index is 13.4. The van der Waals surface area contributed by atoms with Gasteiger partial charge in [-0.25, -0.2) is 13.4 Å². The van der Waals surface area contributed by atoms with Gasteiger partial charge in [0.05, 0.1) is 52.1 Å².